The lowest BCUT2D eigenvalue weighted by Gasteiger charge is -2.21. The van der Waals surface area contributed by atoms with Gasteiger partial charge in [-0.1, -0.05) is 0 Å². The molecule has 0 aromatic heterocycles. The van der Waals surface area contributed by atoms with Crippen molar-refractivity contribution >= 4 is 11.7 Å². The molecule has 0 aliphatic rings. The summed E-state index contributed by atoms with van der Waals surface area (Å²) in [6.07, 6.45) is -5.78. The van der Waals surface area contributed by atoms with Gasteiger partial charge in [0.25, 0.3) is 0 Å². The number of carboxylic acids is 1. The monoisotopic (exact) mass is 251 g/mol. The molecule has 3 nitrogen and oxygen atoms in total. The van der Waals surface area contributed by atoms with Gasteiger partial charge in [0.1, 0.15) is 11.9 Å². The molecule has 94 valence electrons. The lowest BCUT2D eigenvalue weighted by atomic mass is 10.2. The van der Waals surface area contributed by atoms with E-state index in [1.165, 1.54) is 0 Å². The average molecular weight is 251 g/mol. The van der Waals surface area contributed by atoms with Crippen LogP contribution in [0.1, 0.15) is 6.42 Å². The van der Waals surface area contributed by atoms with Crippen LogP contribution >= 0.6 is 0 Å². The highest BCUT2D eigenvalue weighted by Crippen LogP contribution is 2.26. The molecule has 1 rings (SSSR count). The summed E-state index contributed by atoms with van der Waals surface area (Å²) < 4.78 is 49.9. The number of carboxylic acid groups (broad SMARTS) is 1. The van der Waals surface area contributed by atoms with Crippen molar-refractivity contribution in [3.8, 4) is 0 Å². The van der Waals surface area contributed by atoms with Gasteiger partial charge in [0.05, 0.1) is 6.42 Å². The number of alkyl halides is 3. The van der Waals surface area contributed by atoms with Gasteiger partial charge in [0.15, 0.2) is 0 Å². The molecule has 2 N–H and O–H groups in total. The van der Waals surface area contributed by atoms with Crippen LogP contribution < -0.4 is 5.32 Å². The summed E-state index contributed by atoms with van der Waals surface area (Å²) >= 11 is 0. The highest BCUT2D eigenvalue weighted by atomic mass is 19.4. The van der Waals surface area contributed by atoms with E-state index in [0.717, 1.165) is 24.3 Å². The van der Waals surface area contributed by atoms with Gasteiger partial charge in [0.2, 0.25) is 0 Å². The summed E-state index contributed by atoms with van der Waals surface area (Å²) in [5.74, 6) is -2.15. The molecule has 0 unspecified atom stereocenters. The number of rotatable bonds is 4. The fourth-order valence-electron chi connectivity index (χ4n) is 1.17. The van der Waals surface area contributed by atoms with Gasteiger partial charge < -0.3 is 10.4 Å². The van der Waals surface area contributed by atoms with Crippen molar-refractivity contribution in [2.75, 3.05) is 5.32 Å². The molecule has 0 saturated heterocycles. The van der Waals surface area contributed by atoms with Gasteiger partial charge in [-0.25, -0.2) is 4.39 Å². The minimum atomic E-state index is -4.69. The standard InChI is InChI=1S/C10H9F4NO2/c11-6-1-3-7(4-2-6)15-8(5-9(16)17)10(12,13)14/h1-4,8,15H,5H2,(H,16,17)/t8-/m1/s1. The molecule has 0 aliphatic heterocycles. The second-order valence-corrected chi connectivity index (χ2v) is 3.34. The molecular weight excluding hydrogens is 242 g/mol. The Labute approximate surface area is 94.1 Å². The number of nitrogens with one attached hydrogen (secondary N) is 1. The smallest absolute Gasteiger partial charge is 0.409 e. The zero-order valence-corrected chi connectivity index (χ0v) is 8.46. The van der Waals surface area contributed by atoms with Gasteiger partial charge in [-0.3, -0.25) is 4.79 Å². The predicted molar refractivity (Wildman–Crippen MR) is 52.1 cm³/mol. The normalized spacial score (nSPS) is 13.2. The molecule has 17 heavy (non-hydrogen) atoms. The Bertz CT molecular complexity index is 388. The van der Waals surface area contributed by atoms with Crippen molar-refractivity contribution < 1.29 is 27.5 Å². The van der Waals surface area contributed by atoms with Gasteiger partial charge in [-0.15, -0.1) is 0 Å². The Kier molecular flexibility index (Phi) is 3.93. The van der Waals surface area contributed by atoms with E-state index < -0.39 is 30.4 Å². The largest absolute Gasteiger partial charge is 0.481 e. The lowest BCUT2D eigenvalue weighted by Crippen LogP contribution is -2.38. The SMILES string of the molecule is O=C(O)C[C@@H](Nc1ccc(F)cc1)C(F)(F)F. The van der Waals surface area contributed by atoms with Crippen LogP contribution in [0.4, 0.5) is 23.2 Å². The van der Waals surface area contributed by atoms with Crippen molar-refractivity contribution in [1.82, 2.24) is 0 Å². The third-order valence-corrected chi connectivity index (χ3v) is 1.96. The molecule has 0 amide bonds. The summed E-state index contributed by atoms with van der Waals surface area (Å²) in [6.45, 7) is 0. The number of benzene rings is 1. The van der Waals surface area contributed by atoms with E-state index in [1.54, 1.807) is 0 Å². The first-order valence-corrected chi connectivity index (χ1v) is 4.59. The van der Waals surface area contributed by atoms with Gasteiger partial charge >= 0.3 is 12.1 Å². The van der Waals surface area contributed by atoms with Crippen LogP contribution in [0.5, 0.6) is 0 Å². The van der Waals surface area contributed by atoms with Crippen LogP contribution in [0.2, 0.25) is 0 Å². The molecule has 1 atom stereocenters. The van der Waals surface area contributed by atoms with Crippen molar-refractivity contribution in [2.24, 2.45) is 0 Å². The third-order valence-electron chi connectivity index (χ3n) is 1.96. The Hall–Kier alpha value is -1.79. The highest BCUT2D eigenvalue weighted by molar-refractivity contribution is 5.68. The molecule has 0 saturated carbocycles. The van der Waals surface area contributed by atoms with E-state index in [-0.39, 0.29) is 5.69 Å². The maximum absolute atomic E-state index is 12.5. The molecule has 1 aromatic carbocycles. The first-order valence-electron chi connectivity index (χ1n) is 4.59. The summed E-state index contributed by atoms with van der Waals surface area (Å²) in [6, 6.07) is 1.98. The molecule has 0 radical (unpaired) electrons. The summed E-state index contributed by atoms with van der Waals surface area (Å²) in [4.78, 5) is 10.3. The minimum absolute atomic E-state index is 0.00924. The number of anilines is 1. The average Bonchev–Trinajstić information content (AvgIpc) is 2.18. The summed E-state index contributed by atoms with van der Waals surface area (Å²) in [5, 5.41) is 10.4. The van der Waals surface area contributed by atoms with E-state index in [1.807, 2.05) is 5.32 Å². The fraction of sp³-hybridized carbons (Fsp3) is 0.300. The summed E-state index contributed by atoms with van der Waals surface area (Å²) in [7, 11) is 0. The van der Waals surface area contributed by atoms with Gasteiger partial charge in [0, 0.05) is 5.69 Å². The van der Waals surface area contributed by atoms with Crippen molar-refractivity contribution in [2.45, 2.75) is 18.6 Å². The Morgan fingerprint density at radius 3 is 2.24 bits per heavy atom. The van der Waals surface area contributed by atoms with E-state index in [0.29, 0.717) is 0 Å². The maximum atomic E-state index is 12.5. The topological polar surface area (TPSA) is 49.3 Å². The molecule has 0 spiro atoms. The van der Waals surface area contributed by atoms with Crippen LogP contribution in [-0.2, 0) is 4.79 Å². The first-order chi connectivity index (χ1) is 7.79. The number of hydrogen-bond donors (Lipinski definition) is 2. The van der Waals surface area contributed by atoms with E-state index in [2.05, 4.69) is 0 Å². The van der Waals surface area contributed by atoms with Crippen LogP contribution in [0.15, 0.2) is 24.3 Å². The quantitative estimate of drug-likeness (QED) is 0.809. The molecule has 0 heterocycles. The zero-order chi connectivity index (χ0) is 13.1. The van der Waals surface area contributed by atoms with Crippen molar-refractivity contribution in [1.29, 1.82) is 0 Å². The Balaban J connectivity index is 2.79. The van der Waals surface area contributed by atoms with Gasteiger partial charge in [-0.05, 0) is 24.3 Å². The highest BCUT2D eigenvalue weighted by Gasteiger charge is 2.41. The second-order valence-electron chi connectivity index (χ2n) is 3.34. The van der Waals surface area contributed by atoms with Crippen LogP contribution in [-0.4, -0.2) is 23.3 Å². The molecule has 1 aromatic rings. The van der Waals surface area contributed by atoms with Crippen LogP contribution in [0.3, 0.4) is 0 Å². The maximum Gasteiger partial charge on any atom is 0.409 e. The number of halogens is 4. The fourth-order valence-corrected chi connectivity index (χ4v) is 1.17. The van der Waals surface area contributed by atoms with Crippen LogP contribution in [0, 0.1) is 5.82 Å². The zero-order valence-electron chi connectivity index (χ0n) is 8.46. The van der Waals surface area contributed by atoms with E-state index in [4.69, 9.17) is 5.11 Å². The first kappa shape index (κ1) is 13.3. The molecular formula is C10H9F4NO2. The molecule has 0 fully saturated rings. The summed E-state index contributed by atoms with van der Waals surface area (Å²) in [5.41, 5.74) is 0.00924. The van der Waals surface area contributed by atoms with Gasteiger partial charge in [-0.2, -0.15) is 13.2 Å². The Morgan fingerprint density at radius 2 is 1.82 bits per heavy atom. The predicted octanol–water partition coefficient (Wildman–Crippen LogP) is 2.64. The van der Waals surface area contributed by atoms with E-state index >= 15 is 0 Å². The number of aliphatic carboxylic acids is 1. The lowest BCUT2D eigenvalue weighted by molar-refractivity contribution is -0.157. The minimum Gasteiger partial charge on any atom is -0.481 e. The number of hydrogen-bond acceptors (Lipinski definition) is 2. The molecule has 7 heteroatoms. The third kappa shape index (κ3) is 4.29. The molecule has 0 aliphatic carbocycles. The number of carbonyl (C=O) groups is 1. The van der Waals surface area contributed by atoms with E-state index in [9.17, 15) is 22.4 Å². The molecule has 0 bridgehead atoms. The van der Waals surface area contributed by atoms with Crippen molar-refractivity contribution in [3.63, 3.8) is 0 Å². The van der Waals surface area contributed by atoms with Crippen molar-refractivity contribution in [3.05, 3.63) is 30.1 Å². The second kappa shape index (κ2) is 5.03. The van der Waals surface area contributed by atoms with Crippen LogP contribution in [0.25, 0.3) is 0 Å². The Morgan fingerprint density at radius 1 is 1.29 bits per heavy atom.